The van der Waals surface area contributed by atoms with Crippen LogP contribution in [-0.2, 0) is 11.0 Å². The van der Waals surface area contributed by atoms with E-state index in [0.717, 1.165) is 29.0 Å². The van der Waals surface area contributed by atoms with Crippen molar-refractivity contribution in [1.29, 1.82) is 0 Å². The third-order valence-electron chi connectivity index (χ3n) is 4.52. The molecule has 1 atom stereocenters. The van der Waals surface area contributed by atoms with Gasteiger partial charge in [-0.3, -0.25) is 9.78 Å². The van der Waals surface area contributed by atoms with Crippen molar-refractivity contribution in [2.75, 3.05) is 5.32 Å². The van der Waals surface area contributed by atoms with Crippen LogP contribution in [0.3, 0.4) is 0 Å². The molecule has 7 heteroatoms. The van der Waals surface area contributed by atoms with Crippen LogP contribution in [-0.4, -0.2) is 10.9 Å². The van der Waals surface area contributed by atoms with Gasteiger partial charge in [-0.25, -0.2) is 4.39 Å². The molecular weight excluding hydrogens is 384 g/mol. The maximum atomic E-state index is 13.6. The predicted molar refractivity (Wildman–Crippen MR) is 103 cm³/mol. The lowest BCUT2D eigenvalue weighted by Gasteiger charge is -2.15. The van der Waals surface area contributed by atoms with Crippen molar-refractivity contribution in [3.63, 3.8) is 0 Å². The minimum atomic E-state index is -4.69. The van der Waals surface area contributed by atoms with Crippen molar-refractivity contribution in [3.05, 3.63) is 83.4 Å². The normalized spacial score (nSPS) is 12.5. The molecule has 29 heavy (non-hydrogen) atoms. The van der Waals surface area contributed by atoms with Crippen LogP contribution in [0.2, 0.25) is 0 Å². The second kappa shape index (κ2) is 8.03. The summed E-state index contributed by atoms with van der Waals surface area (Å²) in [5.41, 5.74) is 2.11. The summed E-state index contributed by atoms with van der Waals surface area (Å²) in [7, 11) is 0. The van der Waals surface area contributed by atoms with E-state index >= 15 is 0 Å². The minimum Gasteiger partial charge on any atom is -0.326 e. The maximum absolute atomic E-state index is 13.6. The molecule has 0 spiro atoms. The number of halogens is 4. The highest BCUT2D eigenvalue weighted by molar-refractivity contribution is 5.95. The van der Waals surface area contributed by atoms with Crippen LogP contribution in [0.25, 0.3) is 11.1 Å². The van der Waals surface area contributed by atoms with Gasteiger partial charge < -0.3 is 5.32 Å². The van der Waals surface area contributed by atoms with Gasteiger partial charge in [0, 0.05) is 17.6 Å². The van der Waals surface area contributed by atoms with E-state index in [-0.39, 0.29) is 5.56 Å². The molecule has 3 nitrogen and oxygen atoms in total. The summed E-state index contributed by atoms with van der Waals surface area (Å²) in [6.07, 6.45) is -2.98. The zero-order valence-electron chi connectivity index (χ0n) is 15.7. The molecule has 0 aliphatic carbocycles. The number of nitrogens with one attached hydrogen (secondary N) is 1. The topological polar surface area (TPSA) is 42.0 Å². The van der Waals surface area contributed by atoms with E-state index in [4.69, 9.17) is 0 Å². The zero-order chi connectivity index (χ0) is 21.2. The molecule has 2 aromatic carbocycles. The molecule has 1 heterocycles. The molecule has 0 aliphatic rings. The first-order chi connectivity index (χ1) is 13.6. The number of aryl methyl sites for hydroxylation is 1. The maximum Gasteiger partial charge on any atom is 0.416 e. The molecule has 0 aliphatic heterocycles. The number of carbonyl (C=O) groups excluding carboxylic acids is 1. The fraction of sp³-hybridized carbons (Fsp3) is 0.182. The fourth-order valence-electron chi connectivity index (χ4n) is 2.90. The number of benzene rings is 2. The lowest BCUT2D eigenvalue weighted by atomic mass is 9.97. The Hall–Kier alpha value is -3.22. The molecule has 0 fully saturated rings. The minimum absolute atomic E-state index is 0.0429. The molecule has 0 unspecified atom stereocenters. The monoisotopic (exact) mass is 402 g/mol. The first kappa shape index (κ1) is 20.5. The standard InChI is InChI=1S/C22H18F4N2O/c1-13-9-16(7-8-27-13)15-3-5-20(6-4-15)28-21(29)14(2)17-10-18(22(24,25)26)12-19(23)11-17/h3-12,14H,1-2H3,(H,28,29)/t14-/m1/s1. The van der Waals surface area contributed by atoms with Gasteiger partial charge in [-0.1, -0.05) is 12.1 Å². The number of nitrogens with zero attached hydrogens (tertiary/aromatic N) is 1. The number of rotatable bonds is 4. The number of hydrogen-bond acceptors (Lipinski definition) is 2. The molecule has 3 aromatic rings. The van der Waals surface area contributed by atoms with Crippen molar-refractivity contribution in [1.82, 2.24) is 4.98 Å². The number of amides is 1. The molecule has 0 saturated carbocycles. The van der Waals surface area contributed by atoms with Crippen molar-refractivity contribution < 1.29 is 22.4 Å². The van der Waals surface area contributed by atoms with Crippen LogP contribution in [0, 0.1) is 12.7 Å². The van der Waals surface area contributed by atoms with Gasteiger partial charge in [0.05, 0.1) is 11.5 Å². The van der Waals surface area contributed by atoms with Crippen molar-refractivity contribution in [2.24, 2.45) is 0 Å². The van der Waals surface area contributed by atoms with E-state index in [2.05, 4.69) is 10.3 Å². The quantitative estimate of drug-likeness (QED) is 0.548. The van der Waals surface area contributed by atoms with Crippen LogP contribution in [0.4, 0.5) is 23.2 Å². The van der Waals surface area contributed by atoms with Gasteiger partial charge in [0.2, 0.25) is 5.91 Å². The summed E-state index contributed by atoms with van der Waals surface area (Å²) in [4.78, 5) is 16.6. The van der Waals surface area contributed by atoms with Gasteiger partial charge in [-0.2, -0.15) is 13.2 Å². The molecule has 0 saturated heterocycles. The molecule has 3 rings (SSSR count). The van der Waals surface area contributed by atoms with Crippen molar-refractivity contribution >= 4 is 11.6 Å². The summed E-state index contributed by atoms with van der Waals surface area (Å²) >= 11 is 0. The van der Waals surface area contributed by atoms with Crippen LogP contribution in [0.1, 0.15) is 29.7 Å². The Morgan fingerprint density at radius 2 is 1.69 bits per heavy atom. The molecular formula is C22H18F4N2O. The molecule has 1 amide bonds. The first-order valence-corrected chi connectivity index (χ1v) is 8.85. The Labute approximate surface area is 165 Å². The van der Waals surface area contributed by atoms with E-state index < -0.39 is 29.4 Å². The molecule has 150 valence electrons. The summed E-state index contributed by atoms with van der Waals surface area (Å²) < 4.78 is 52.3. The van der Waals surface area contributed by atoms with E-state index in [0.29, 0.717) is 11.8 Å². The molecule has 0 radical (unpaired) electrons. The van der Waals surface area contributed by atoms with Gasteiger partial charge in [0.25, 0.3) is 0 Å². The Kier molecular flexibility index (Phi) is 5.68. The van der Waals surface area contributed by atoms with E-state index in [1.165, 1.54) is 6.92 Å². The van der Waals surface area contributed by atoms with E-state index in [9.17, 15) is 22.4 Å². The Morgan fingerprint density at radius 1 is 1.00 bits per heavy atom. The smallest absolute Gasteiger partial charge is 0.326 e. The first-order valence-electron chi connectivity index (χ1n) is 8.85. The van der Waals surface area contributed by atoms with Crippen molar-refractivity contribution in [3.8, 4) is 11.1 Å². The summed E-state index contributed by atoms with van der Waals surface area (Å²) in [5.74, 6) is -2.53. The second-order valence-electron chi connectivity index (χ2n) is 6.75. The number of alkyl halides is 3. The van der Waals surface area contributed by atoms with Crippen LogP contribution >= 0.6 is 0 Å². The van der Waals surface area contributed by atoms with Gasteiger partial charge >= 0.3 is 6.18 Å². The van der Waals surface area contributed by atoms with Gasteiger partial charge in [0.15, 0.2) is 0 Å². The van der Waals surface area contributed by atoms with Crippen LogP contribution in [0.15, 0.2) is 60.8 Å². The van der Waals surface area contributed by atoms with E-state index in [1.54, 1.807) is 18.3 Å². The predicted octanol–water partition coefficient (Wildman–Crippen LogP) is 5.96. The van der Waals surface area contributed by atoms with Gasteiger partial charge in [-0.05, 0) is 73.0 Å². The molecule has 0 bridgehead atoms. The number of pyridine rings is 1. The Bertz CT molecular complexity index is 1030. The highest BCUT2D eigenvalue weighted by Crippen LogP contribution is 2.32. The molecule has 1 N–H and O–H groups in total. The second-order valence-corrected chi connectivity index (χ2v) is 6.75. The summed E-state index contributed by atoms with van der Waals surface area (Å²) in [6.45, 7) is 3.31. The van der Waals surface area contributed by atoms with Crippen LogP contribution < -0.4 is 5.32 Å². The highest BCUT2D eigenvalue weighted by Gasteiger charge is 2.32. The summed E-state index contributed by atoms with van der Waals surface area (Å²) in [5, 5.41) is 2.65. The third-order valence-corrected chi connectivity index (χ3v) is 4.52. The number of anilines is 1. The average Bonchev–Trinajstić information content (AvgIpc) is 2.66. The largest absolute Gasteiger partial charge is 0.416 e. The SMILES string of the molecule is Cc1cc(-c2ccc(NC(=O)[C@H](C)c3cc(F)cc(C(F)(F)F)c3)cc2)ccn1. The lowest BCUT2D eigenvalue weighted by molar-refractivity contribution is -0.138. The summed E-state index contributed by atoms with van der Waals surface area (Å²) in [6, 6.07) is 13.0. The van der Waals surface area contributed by atoms with Gasteiger partial charge in [-0.15, -0.1) is 0 Å². The third kappa shape index (κ3) is 4.99. The van der Waals surface area contributed by atoms with Crippen LogP contribution in [0.5, 0.6) is 0 Å². The molecule has 1 aromatic heterocycles. The Morgan fingerprint density at radius 3 is 2.31 bits per heavy atom. The average molecular weight is 402 g/mol. The number of hydrogen-bond donors (Lipinski definition) is 1. The van der Waals surface area contributed by atoms with Crippen molar-refractivity contribution in [2.45, 2.75) is 25.9 Å². The van der Waals surface area contributed by atoms with E-state index in [1.807, 2.05) is 31.2 Å². The fourth-order valence-corrected chi connectivity index (χ4v) is 2.90. The van der Waals surface area contributed by atoms with Gasteiger partial charge in [0.1, 0.15) is 5.82 Å². The zero-order valence-corrected chi connectivity index (χ0v) is 15.7. The lowest BCUT2D eigenvalue weighted by Crippen LogP contribution is -2.19. The number of aromatic nitrogens is 1. The Balaban J connectivity index is 1.75. The number of carbonyl (C=O) groups is 1. The highest BCUT2D eigenvalue weighted by atomic mass is 19.4.